The van der Waals surface area contributed by atoms with Crippen LogP contribution in [0.2, 0.25) is 0 Å². The third kappa shape index (κ3) is 3.65. The number of rotatable bonds is 5. The Balaban J connectivity index is 2.27. The Hall–Kier alpha value is -2.49. The molecule has 0 aliphatic heterocycles. The number of hydrogen-bond acceptors (Lipinski definition) is 3. The first-order valence-electron chi connectivity index (χ1n) is 7.63. The first-order chi connectivity index (χ1) is 11.0. The molecule has 0 aliphatic carbocycles. The Labute approximate surface area is 138 Å². The molecule has 0 radical (unpaired) electrons. The fourth-order valence-corrected chi connectivity index (χ4v) is 2.52. The first kappa shape index (κ1) is 16.9. The number of nitrogens with zero attached hydrogens (tertiary/aromatic N) is 2. The average molecular weight is 312 g/mol. The second kappa shape index (κ2) is 7.18. The molecule has 4 heteroatoms. The minimum atomic E-state index is -0.0818. The van der Waals surface area contributed by atoms with E-state index in [2.05, 4.69) is 0 Å². The van der Waals surface area contributed by atoms with Crippen molar-refractivity contribution in [1.82, 2.24) is 4.90 Å². The van der Waals surface area contributed by atoms with E-state index in [9.17, 15) is 4.79 Å². The second-order valence-electron chi connectivity index (χ2n) is 5.78. The average Bonchev–Trinajstić information content (AvgIpc) is 2.59. The van der Waals surface area contributed by atoms with Gasteiger partial charge < -0.3 is 14.5 Å². The third-order valence-corrected chi connectivity index (χ3v) is 4.10. The zero-order chi connectivity index (χ0) is 17.0. The lowest BCUT2D eigenvalue weighted by Gasteiger charge is -2.27. The highest BCUT2D eigenvalue weighted by Crippen LogP contribution is 2.29. The van der Waals surface area contributed by atoms with Crippen LogP contribution in [0.4, 0.5) is 5.69 Å². The number of methoxy groups -OCH3 is 1. The summed E-state index contributed by atoms with van der Waals surface area (Å²) in [5.41, 5.74) is 2.68. The Morgan fingerprint density at radius 2 is 1.74 bits per heavy atom. The molecule has 0 unspecified atom stereocenters. The van der Waals surface area contributed by atoms with Gasteiger partial charge in [0.1, 0.15) is 5.75 Å². The molecule has 122 valence electrons. The molecule has 0 N–H and O–H groups in total. The van der Waals surface area contributed by atoms with Crippen molar-refractivity contribution in [3.8, 4) is 5.75 Å². The zero-order valence-electron chi connectivity index (χ0n) is 14.4. The van der Waals surface area contributed by atoms with Crippen LogP contribution in [-0.4, -0.2) is 39.1 Å². The maximum Gasteiger partial charge on any atom is 0.254 e. The summed E-state index contributed by atoms with van der Waals surface area (Å²) in [4.78, 5) is 16.5. The predicted octanol–water partition coefficient (Wildman–Crippen LogP) is 3.59. The van der Waals surface area contributed by atoms with Crippen LogP contribution < -0.4 is 9.64 Å². The van der Waals surface area contributed by atoms with Gasteiger partial charge in [-0.2, -0.15) is 0 Å². The molecule has 4 nitrogen and oxygen atoms in total. The van der Waals surface area contributed by atoms with E-state index in [0.29, 0.717) is 5.56 Å². The molecule has 23 heavy (non-hydrogen) atoms. The van der Waals surface area contributed by atoms with Gasteiger partial charge in [-0.15, -0.1) is 0 Å². The first-order valence-corrected chi connectivity index (χ1v) is 7.63. The summed E-state index contributed by atoms with van der Waals surface area (Å²) >= 11 is 0. The molecular weight excluding hydrogens is 288 g/mol. The van der Waals surface area contributed by atoms with Crippen LogP contribution in [0.15, 0.2) is 48.5 Å². The normalized spacial score (nSPS) is 11.7. The fraction of sp³-hybridized carbons (Fsp3) is 0.316. The van der Waals surface area contributed by atoms with E-state index in [1.54, 1.807) is 12.0 Å². The Bertz CT molecular complexity index is 683. The number of carbonyl (C=O) groups is 1. The van der Waals surface area contributed by atoms with Gasteiger partial charge in [-0.3, -0.25) is 4.79 Å². The molecule has 0 aliphatic rings. The van der Waals surface area contributed by atoms with Crippen LogP contribution in [0.1, 0.15) is 28.9 Å². The maximum absolute atomic E-state index is 12.8. The van der Waals surface area contributed by atoms with Crippen molar-refractivity contribution < 1.29 is 9.53 Å². The minimum Gasteiger partial charge on any atom is -0.496 e. The maximum atomic E-state index is 12.8. The molecule has 0 spiro atoms. The quantitative estimate of drug-likeness (QED) is 0.846. The molecule has 2 rings (SSSR count). The summed E-state index contributed by atoms with van der Waals surface area (Å²) in [6.07, 6.45) is 0. The highest BCUT2D eigenvalue weighted by Gasteiger charge is 2.21. The van der Waals surface area contributed by atoms with E-state index in [4.69, 9.17) is 4.74 Å². The molecular formula is C19H24N2O2. The lowest BCUT2D eigenvalue weighted by Crippen LogP contribution is -2.30. The molecule has 0 heterocycles. The standard InChI is InChI=1S/C19H24N2O2/c1-14(17-11-6-7-12-18(17)23-5)21(4)19(22)15-9-8-10-16(13-15)20(2)3/h6-14H,1-5H3/t14-/m0/s1. The molecule has 2 aromatic rings. The number of amides is 1. The number of benzene rings is 2. The van der Waals surface area contributed by atoms with Crippen molar-refractivity contribution >= 4 is 11.6 Å². The summed E-state index contributed by atoms with van der Waals surface area (Å²) < 4.78 is 5.41. The number of para-hydroxylation sites is 1. The monoisotopic (exact) mass is 312 g/mol. The second-order valence-corrected chi connectivity index (χ2v) is 5.78. The van der Waals surface area contributed by atoms with Gasteiger partial charge in [-0.25, -0.2) is 0 Å². The van der Waals surface area contributed by atoms with E-state index >= 15 is 0 Å². The summed E-state index contributed by atoms with van der Waals surface area (Å²) in [5.74, 6) is 0.786. The van der Waals surface area contributed by atoms with E-state index in [1.165, 1.54) is 0 Å². The van der Waals surface area contributed by atoms with Crippen LogP contribution in [0.5, 0.6) is 5.75 Å². The summed E-state index contributed by atoms with van der Waals surface area (Å²) in [5, 5.41) is 0. The van der Waals surface area contributed by atoms with Gasteiger partial charge in [0.25, 0.3) is 5.91 Å². The van der Waals surface area contributed by atoms with E-state index in [-0.39, 0.29) is 11.9 Å². The molecule has 1 amide bonds. The van der Waals surface area contributed by atoms with Crippen molar-refractivity contribution in [1.29, 1.82) is 0 Å². The van der Waals surface area contributed by atoms with Gasteiger partial charge in [0.15, 0.2) is 0 Å². The number of ether oxygens (including phenoxy) is 1. The smallest absolute Gasteiger partial charge is 0.254 e. The van der Waals surface area contributed by atoms with Crippen molar-refractivity contribution in [3.05, 3.63) is 59.7 Å². The lowest BCUT2D eigenvalue weighted by molar-refractivity contribution is 0.0741. The van der Waals surface area contributed by atoms with Gasteiger partial charge in [-0.05, 0) is 31.2 Å². The molecule has 0 fully saturated rings. The van der Waals surface area contributed by atoms with Crippen molar-refractivity contribution in [2.75, 3.05) is 33.2 Å². The van der Waals surface area contributed by atoms with E-state index in [0.717, 1.165) is 17.0 Å². The summed E-state index contributed by atoms with van der Waals surface area (Å²) in [7, 11) is 7.39. The summed E-state index contributed by atoms with van der Waals surface area (Å²) in [6.45, 7) is 2.01. The van der Waals surface area contributed by atoms with Crippen LogP contribution in [0.3, 0.4) is 0 Å². The van der Waals surface area contributed by atoms with Crippen LogP contribution in [-0.2, 0) is 0 Å². The Kier molecular flexibility index (Phi) is 5.27. The number of hydrogen-bond donors (Lipinski definition) is 0. The zero-order valence-corrected chi connectivity index (χ0v) is 14.4. The molecule has 0 saturated carbocycles. The van der Waals surface area contributed by atoms with Crippen LogP contribution >= 0.6 is 0 Å². The molecule has 0 aromatic heterocycles. The van der Waals surface area contributed by atoms with Crippen molar-refractivity contribution in [2.45, 2.75) is 13.0 Å². The Morgan fingerprint density at radius 3 is 2.39 bits per heavy atom. The Morgan fingerprint density at radius 1 is 1.04 bits per heavy atom. The van der Waals surface area contributed by atoms with E-state index < -0.39 is 0 Å². The lowest BCUT2D eigenvalue weighted by atomic mass is 10.0. The van der Waals surface area contributed by atoms with Gasteiger partial charge >= 0.3 is 0 Å². The highest BCUT2D eigenvalue weighted by atomic mass is 16.5. The molecule has 0 bridgehead atoms. The summed E-state index contributed by atoms with van der Waals surface area (Å²) in [6, 6.07) is 15.4. The third-order valence-electron chi connectivity index (χ3n) is 4.10. The largest absolute Gasteiger partial charge is 0.496 e. The highest BCUT2D eigenvalue weighted by molar-refractivity contribution is 5.95. The molecule has 0 saturated heterocycles. The van der Waals surface area contributed by atoms with Crippen molar-refractivity contribution in [3.63, 3.8) is 0 Å². The van der Waals surface area contributed by atoms with Gasteiger partial charge in [0.2, 0.25) is 0 Å². The SMILES string of the molecule is COc1ccccc1[C@H](C)N(C)C(=O)c1cccc(N(C)C)c1. The number of carbonyl (C=O) groups excluding carboxylic acids is 1. The van der Waals surface area contributed by atoms with Crippen LogP contribution in [0.25, 0.3) is 0 Å². The van der Waals surface area contributed by atoms with Crippen LogP contribution in [0, 0.1) is 0 Å². The molecule has 2 aromatic carbocycles. The van der Waals surface area contributed by atoms with Gasteiger partial charge in [0, 0.05) is 38.0 Å². The van der Waals surface area contributed by atoms with Gasteiger partial charge in [-0.1, -0.05) is 24.3 Å². The predicted molar refractivity (Wildman–Crippen MR) is 94.3 cm³/mol. The fourth-order valence-electron chi connectivity index (χ4n) is 2.52. The topological polar surface area (TPSA) is 32.8 Å². The molecule has 1 atom stereocenters. The minimum absolute atomic E-state index is 0.00731. The van der Waals surface area contributed by atoms with Crippen molar-refractivity contribution in [2.24, 2.45) is 0 Å². The van der Waals surface area contributed by atoms with Gasteiger partial charge in [0.05, 0.1) is 13.2 Å². The van der Waals surface area contributed by atoms with E-state index in [1.807, 2.05) is 81.5 Å². The number of anilines is 1.